The van der Waals surface area contributed by atoms with E-state index in [0.29, 0.717) is 12.6 Å². The molecule has 104 valence electrons. The molecule has 0 bridgehead atoms. The van der Waals surface area contributed by atoms with Crippen molar-refractivity contribution in [3.8, 4) is 0 Å². The van der Waals surface area contributed by atoms with E-state index in [1.54, 1.807) is 0 Å². The van der Waals surface area contributed by atoms with E-state index in [2.05, 4.69) is 34.6 Å². The highest BCUT2D eigenvalue weighted by Gasteiger charge is 2.23. The van der Waals surface area contributed by atoms with Crippen LogP contribution in [0.15, 0.2) is 24.3 Å². The lowest BCUT2D eigenvalue weighted by Gasteiger charge is -2.26. The van der Waals surface area contributed by atoms with E-state index in [-0.39, 0.29) is 11.9 Å². The number of nitrogens with zero attached hydrogens (tertiary/aromatic N) is 1. The van der Waals surface area contributed by atoms with Crippen molar-refractivity contribution < 1.29 is 4.79 Å². The van der Waals surface area contributed by atoms with E-state index in [9.17, 15) is 4.79 Å². The first kappa shape index (κ1) is 14.0. The summed E-state index contributed by atoms with van der Waals surface area (Å²) >= 11 is 0. The average Bonchev–Trinajstić information content (AvgIpc) is 2.43. The molecule has 2 rings (SSSR count). The van der Waals surface area contributed by atoms with Crippen molar-refractivity contribution >= 4 is 5.91 Å². The van der Waals surface area contributed by atoms with Crippen molar-refractivity contribution in [2.75, 3.05) is 20.6 Å². The predicted octanol–water partition coefficient (Wildman–Crippen LogP) is 0.767. The van der Waals surface area contributed by atoms with Crippen LogP contribution in [-0.2, 0) is 17.8 Å². The van der Waals surface area contributed by atoms with Gasteiger partial charge in [0, 0.05) is 19.1 Å². The summed E-state index contributed by atoms with van der Waals surface area (Å²) < 4.78 is 0. The second-order valence-corrected chi connectivity index (χ2v) is 5.46. The molecule has 1 heterocycles. The predicted molar refractivity (Wildman–Crippen MR) is 76.9 cm³/mol. The Morgan fingerprint density at radius 2 is 2.11 bits per heavy atom. The van der Waals surface area contributed by atoms with Crippen molar-refractivity contribution in [3.05, 3.63) is 35.4 Å². The summed E-state index contributed by atoms with van der Waals surface area (Å²) in [4.78, 5) is 14.2. The summed E-state index contributed by atoms with van der Waals surface area (Å²) in [5.41, 5.74) is 2.58. The fourth-order valence-electron chi connectivity index (χ4n) is 2.19. The van der Waals surface area contributed by atoms with Gasteiger partial charge in [0.2, 0.25) is 5.91 Å². The van der Waals surface area contributed by atoms with Crippen LogP contribution in [0, 0.1) is 0 Å². The van der Waals surface area contributed by atoms with Crippen LogP contribution in [0.2, 0.25) is 0 Å². The maximum Gasteiger partial charge on any atom is 0.237 e. The van der Waals surface area contributed by atoms with Crippen molar-refractivity contribution in [2.45, 2.75) is 32.0 Å². The third kappa shape index (κ3) is 3.55. The molecule has 1 aliphatic rings. The zero-order chi connectivity index (χ0) is 13.8. The summed E-state index contributed by atoms with van der Waals surface area (Å²) in [6.45, 7) is 3.56. The number of amides is 1. The lowest BCUT2D eigenvalue weighted by Crippen LogP contribution is -2.50. The van der Waals surface area contributed by atoms with Gasteiger partial charge >= 0.3 is 0 Å². The number of rotatable bonds is 4. The molecule has 1 aromatic carbocycles. The van der Waals surface area contributed by atoms with Crippen LogP contribution in [0.1, 0.15) is 18.1 Å². The van der Waals surface area contributed by atoms with Crippen LogP contribution in [0.4, 0.5) is 0 Å². The number of carbonyl (C=O) groups excluding carboxylic acids is 1. The molecule has 19 heavy (non-hydrogen) atoms. The average molecular weight is 261 g/mol. The summed E-state index contributed by atoms with van der Waals surface area (Å²) in [6.07, 6.45) is 0.776. The maximum absolute atomic E-state index is 12.1. The Morgan fingerprint density at radius 3 is 2.79 bits per heavy atom. The highest BCUT2D eigenvalue weighted by molar-refractivity contribution is 5.82. The Bertz CT molecular complexity index is 445. The van der Waals surface area contributed by atoms with E-state index in [1.165, 1.54) is 11.1 Å². The summed E-state index contributed by atoms with van der Waals surface area (Å²) in [7, 11) is 4.04. The zero-order valence-corrected chi connectivity index (χ0v) is 11.9. The Morgan fingerprint density at radius 1 is 1.42 bits per heavy atom. The molecule has 0 radical (unpaired) electrons. The van der Waals surface area contributed by atoms with Crippen molar-refractivity contribution in [1.29, 1.82) is 0 Å². The molecule has 1 amide bonds. The second-order valence-electron chi connectivity index (χ2n) is 5.46. The fraction of sp³-hybridized carbons (Fsp3) is 0.533. The van der Waals surface area contributed by atoms with Crippen LogP contribution < -0.4 is 10.6 Å². The maximum atomic E-state index is 12.1. The Balaban J connectivity index is 1.89. The third-order valence-electron chi connectivity index (χ3n) is 3.85. The molecular formula is C15H23N3O. The summed E-state index contributed by atoms with van der Waals surface area (Å²) in [5, 5.41) is 6.32. The van der Waals surface area contributed by atoms with Gasteiger partial charge in [0.25, 0.3) is 0 Å². The number of fused-ring (bicyclic) bond motifs is 1. The minimum absolute atomic E-state index is 0.100. The fourth-order valence-corrected chi connectivity index (χ4v) is 2.19. The Kier molecular flexibility index (Phi) is 4.56. The first-order valence-corrected chi connectivity index (χ1v) is 6.82. The number of likely N-dealkylation sites (N-methyl/N-ethyl adjacent to an activating group) is 1. The first-order chi connectivity index (χ1) is 9.08. The van der Waals surface area contributed by atoms with E-state index < -0.39 is 0 Å². The van der Waals surface area contributed by atoms with Gasteiger partial charge in [-0.25, -0.2) is 0 Å². The number of benzene rings is 1. The molecule has 0 fully saturated rings. The van der Waals surface area contributed by atoms with Gasteiger partial charge in [-0.05, 0) is 38.6 Å². The van der Waals surface area contributed by atoms with Crippen molar-refractivity contribution in [1.82, 2.24) is 15.5 Å². The van der Waals surface area contributed by atoms with Crippen LogP contribution in [0.3, 0.4) is 0 Å². The van der Waals surface area contributed by atoms with Gasteiger partial charge in [-0.2, -0.15) is 0 Å². The molecule has 0 spiro atoms. The van der Waals surface area contributed by atoms with E-state index in [0.717, 1.165) is 13.0 Å². The van der Waals surface area contributed by atoms with Gasteiger partial charge in [-0.1, -0.05) is 24.3 Å². The van der Waals surface area contributed by atoms with Crippen LogP contribution in [0.5, 0.6) is 0 Å². The highest BCUT2D eigenvalue weighted by Crippen LogP contribution is 2.16. The standard InChI is InChI=1S/C15H23N3O/c1-11(18(2)3)9-17-15(19)14-8-12-6-4-5-7-13(12)10-16-14/h4-7,11,14,16H,8-10H2,1-3H3,(H,17,19). The van der Waals surface area contributed by atoms with Gasteiger partial charge < -0.3 is 15.5 Å². The molecule has 0 saturated carbocycles. The highest BCUT2D eigenvalue weighted by atomic mass is 16.2. The molecule has 4 nitrogen and oxygen atoms in total. The molecule has 2 N–H and O–H groups in total. The summed E-state index contributed by atoms with van der Waals surface area (Å²) in [6, 6.07) is 8.54. The van der Waals surface area contributed by atoms with E-state index in [4.69, 9.17) is 0 Å². The largest absolute Gasteiger partial charge is 0.353 e. The molecule has 0 aromatic heterocycles. The van der Waals surface area contributed by atoms with Gasteiger partial charge in [0.15, 0.2) is 0 Å². The SMILES string of the molecule is CC(CNC(=O)C1Cc2ccccc2CN1)N(C)C. The first-order valence-electron chi connectivity index (χ1n) is 6.82. The number of nitrogens with one attached hydrogen (secondary N) is 2. The molecule has 1 aliphatic heterocycles. The molecule has 1 aromatic rings. The van der Waals surface area contributed by atoms with Gasteiger partial charge in [-0.15, -0.1) is 0 Å². The topological polar surface area (TPSA) is 44.4 Å². The van der Waals surface area contributed by atoms with Gasteiger partial charge in [-0.3, -0.25) is 4.79 Å². The van der Waals surface area contributed by atoms with Crippen molar-refractivity contribution in [2.24, 2.45) is 0 Å². The Labute approximate surface area is 115 Å². The van der Waals surface area contributed by atoms with Crippen molar-refractivity contribution in [3.63, 3.8) is 0 Å². The molecule has 4 heteroatoms. The molecule has 0 aliphatic carbocycles. The summed E-state index contributed by atoms with van der Waals surface area (Å²) in [5.74, 6) is 0.100. The molecule has 2 atom stereocenters. The number of hydrogen-bond acceptors (Lipinski definition) is 3. The number of hydrogen-bond donors (Lipinski definition) is 2. The molecule has 2 unspecified atom stereocenters. The second kappa shape index (κ2) is 6.17. The Hall–Kier alpha value is -1.39. The lowest BCUT2D eigenvalue weighted by molar-refractivity contribution is -0.123. The third-order valence-corrected chi connectivity index (χ3v) is 3.85. The van der Waals surface area contributed by atoms with Crippen LogP contribution in [0.25, 0.3) is 0 Å². The monoisotopic (exact) mass is 261 g/mol. The zero-order valence-electron chi connectivity index (χ0n) is 11.9. The quantitative estimate of drug-likeness (QED) is 0.841. The minimum atomic E-state index is -0.107. The molecular weight excluding hydrogens is 238 g/mol. The smallest absolute Gasteiger partial charge is 0.237 e. The van der Waals surface area contributed by atoms with Gasteiger partial charge in [0.05, 0.1) is 6.04 Å². The normalized spacial score (nSPS) is 19.9. The van der Waals surface area contributed by atoms with Crippen LogP contribution in [-0.4, -0.2) is 43.5 Å². The minimum Gasteiger partial charge on any atom is -0.353 e. The molecule has 0 saturated heterocycles. The van der Waals surface area contributed by atoms with E-state index in [1.807, 2.05) is 26.2 Å². The number of carbonyl (C=O) groups is 1. The van der Waals surface area contributed by atoms with E-state index >= 15 is 0 Å². The van der Waals surface area contributed by atoms with Crippen LogP contribution >= 0.6 is 0 Å². The van der Waals surface area contributed by atoms with Gasteiger partial charge in [0.1, 0.15) is 0 Å². The lowest BCUT2D eigenvalue weighted by atomic mass is 9.95.